The van der Waals surface area contributed by atoms with Crippen LogP contribution in [0.4, 0.5) is 4.79 Å². The van der Waals surface area contributed by atoms with Crippen LogP contribution in [0.2, 0.25) is 0 Å². The Balaban J connectivity index is 1.83. The summed E-state index contributed by atoms with van der Waals surface area (Å²) in [7, 11) is 0. The first kappa shape index (κ1) is 26.6. The van der Waals surface area contributed by atoms with E-state index in [2.05, 4.69) is 20.9 Å². The van der Waals surface area contributed by atoms with Crippen LogP contribution < -0.4 is 16.0 Å². The van der Waals surface area contributed by atoms with Crippen molar-refractivity contribution in [2.75, 3.05) is 39.4 Å². The summed E-state index contributed by atoms with van der Waals surface area (Å²) in [6.45, 7) is 10.3. The number of alkyl carbamates (subject to hydrolysis) is 1. The van der Waals surface area contributed by atoms with Crippen LogP contribution in [-0.2, 0) is 25.7 Å². The molecule has 1 aromatic rings. The fourth-order valence-corrected chi connectivity index (χ4v) is 3.52. The molecule has 1 aliphatic heterocycles. The smallest absolute Gasteiger partial charge is 0.408 e. The van der Waals surface area contributed by atoms with Crippen LogP contribution in [-0.4, -0.2) is 74.3 Å². The minimum absolute atomic E-state index is 0.117. The largest absolute Gasteiger partial charge is 0.445 e. The number of rotatable bonds is 12. The molecule has 9 nitrogen and oxygen atoms in total. The van der Waals surface area contributed by atoms with Crippen LogP contribution >= 0.6 is 0 Å². The zero-order chi connectivity index (χ0) is 24.1. The van der Waals surface area contributed by atoms with E-state index in [0.29, 0.717) is 32.6 Å². The third-order valence-electron chi connectivity index (χ3n) is 5.40. The first-order valence-electron chi connectivity index (χ1n) is 11.7. The van der Waals surface area contributed by atoms with Crippen molar-refractivity contribution in [2.45, 2.75) is 52.3 Å². The van der Waals surface area contributed by atoms with Crippen LogP contribution in [0.3, 0.4) is 0 Å². The van der Waals surface area contributed by atoms with Gasteiger partial charge < -0.3 is 25.4 Å². The van der Waals surface area contributed by atoms with Gasteiger partial charge in [0.2, 0.25) is 11.8 Å². The maximum absolute atomic E-state index is 12.9. The van der Waals surface area contributed by atoms with Crippen LogP contribution in [0.15, 0.2) is 30.3 Å². The van der Waals surface area contributed by atoms with Gasteiger partial charge in [0.05, 0.1) is 13.2 Å². The highest BCUT2D eigenvalue weighted by Crippen LogP contribution is 2.07. The van der Waals surface area contributed by atoms with E-state index in [4.69, 9.17) is 9.47 Å². The Morgan fingerprint density at radius 3 is 2.36 bits per heavy atom. The molecule has 3 amide bonds. The molecule has 1 aromatic carbocycles. The molecule has 9 heteroatoms. The van der Waals surface area contributed by atoms with Crippen LogP contribution in [0, 0.1) is 5.92 Å². The van der Waals surface area contributed by atoms with Gasteiger partial charge in [0.15, 0.2) is 0 Å². The SMILES string of the molecule is CCC(NC(=O)[C@H](CC(C)C)NC(=O)OCc1ccccc1)C(=O)NCCN1CCOCC1. The Kier molecular flexibility index (Phi) is 11.7. The van der Waals surface area contributed by atoms with Gasteiger partial charge in [-0.2, -0.15) is 0 Å². The second kappa shape index (κ2) is 14.5. The minimum Gasteiger partial charge on any atom is -0.445 e. The Morgan fingerprint density at radius 2 is 1.73 bits per heavy atom. The Labute approximate surface area is 196 Å². The van der Waals surface area contributed by atoms with E-state index in [-0.39, 0.29) is 18.4 Å². The molecule has 0 radical (unpaired) electrons. The van der Waals surface area contributed by atoms with Gasteiger partial charge in [-0.25, -0.2) is 4.79 Å². The Hall–Kier alpha value is -2.65. The standard InChI is InChI=1S/C24H38N4O5/c1-4-20(22(29)25-10-11-28-12-14-32-15-13-28)26-23(30)21(16-18(2)3)27-24(31)33-17-19-8-6-5-7-9-19/h5-9,18,20-21H,4,10-17H2,1-3H3,(H,25,29)(H,26,30)(H,27,31)/t20?,21-/m0/s1. The lowest BCUT2D eigenvalue weighted by atomic mass is 10.0. The number of nitrogens with zero attached hydrogens (tertiary/aromatic N) is 1. The maximum Gasteiger partial charge on any atom is 0.408 e. The molecule has 0 aromatic heterocycles. The van der Waals surface area contributed by atoms with Crippen molar-refractivity contribution in [3.8, 4) is 0 Å². The summed E-state index contributed by atoms with van der Waals surface area (Å²) in [5, 5.41) is 8.33. The van der Waals surface area contributed by atoms with Crippen molar-refractivity contribution < 1.29 is 23.9 Å². The minimum atomic E-state index is -0.788. The van der Waals surface area contributed by atoms with Gasteiger partial charge in [-0.15, -0.1) is 0 Å². The molecule has 2 atom stereocenters. The molecule has 33 heavy (non-hydrogen) atoms. The predicted molar refractivity (Wildman–Crippen MR) is 125 cm³/mol. The predicted octanol–water partition coefficient (Wildman–Crippen LogP) is 1.67. The molecule has 1 saturated heterocycles. The number of carbonyl (C=O) groups excluding carboxylic acids is 3. The molecule has 1 heterocycles. The van der Waals surface area contributed by atoms with Crippen molar-refractivity contribution >= 4 is 17.9 Å². The summed E-state index contributed by atoms with van der Waals surface area (Å²) in [6.07, 6.45) is 0.214. The van der Waals surface area contributed by atoms with E-state index in [9.17, 15) is 14.4 Å². The fraction of sp³-hybridized carbons (Fsp3) is 0.625. The molecule has 1 aliphatic rings. The molecule has 2 rings (SSSR count). The number of hydrogen-bond donors (Lipinski definition) is 3. The molecule has 184 valence electrons. The highest BCUT2D eigenvalue weighted by molar-refractivity contribution is 5.91. The molecule has 1 fully saturated rings. The van der Waals surface area contributed by atoms with Gasteiger partial charge >= 0.3 is 6.09 Å². The first-order valence-corrected chi connectivity index (χ1v) is 11.7. The second-order valence-corrected chi connectivity index (χ2v) is 8.60. The van der Waals surface area contributed by atoms with E-state index in [0.717, 1.165) is 25.2 Å². The third-order valence-corrected chi connectivity index (χ3v) is 5.40. The average Bonchev–Trinajstić information content (AvgIpc) is 2.81. The average molecular weight is 463 g/mol. The van der Waals surface area contributed by atoms with E-state index in [1.807, 2.05) is 51.1 Å². The normalized spacial score (nSPS) is 16.0. The van der Waals surface area contributed by atoms with Crippen molar-refractivity contribution in [1.29, 1.82) is 0 Å². The summed E-state index contributed by atoms with van der Waals surface area (Å²) in [5.41, 5.74) is 0.859. The van der Waals surface area contributed by atoms with Crippen LogP contribution in [0.25, 0.3) is 0 Å². The first-order chi connectivity index (χ1) is 15.9. The van der Waals surface area contributed by atoms with Crippen molar-refractivity contribution in [1.82, 2.24) is 20.9 Å². The Bertz CT molecular complexity index is 738. The van der Waals surface area contributed by atoms with Gasteiger partial charge in [0.1, 0.15) is 18.7 Å². The summed E-state index contributed by atoms with van der Waals surface area (Å²) >= 11 is 0. The summed E-state index contributed by atoms with van der Waals surface area (Å²) in [4.78, 5) is 40.0. The molecular weight excluding hydrogens is 424 g/mol. The summed E-state index contributed by atoms with van der Waals surface area (Å²) in [6, 6.07) is 7.87. The number of morpholine rings is 1. The topological polar surface area (TPSA) is 109 Å². The van der Waals surface area contributed by atoms with Gasteiger partial charge in [-0.3, -0.25) is 14.5 Å². The highest BCUT2D eigenvalue weighted by Gasteiger charge is 2.27. The molecule has 1 unspecified atom stereocenters. The Morgan fingerprint density at radius 1 is 1.03 bits per heavy atom. The maximum atomic E-state index is 12.9. The van der Waals surface area contributed by atoms with Crippen molar-refractivity contribution in [3.63, 3.8) is 0 Å². The third kappa shape index (κ3) is 10.2. The number of hydrogen-bond acceptors (Lipinski definition) is 6. The molecule has 3 N–H and O–H groups in total. The van der Waals surface area contributed by atoms with E-state index < -0.39 is 24.1 Å². The van der Waals surface area contributed by atoms with E-state index >= 15 is 0 Å². The van der Waals surface area contributed by atoms with Gasteiger partial charge in [0, 0.05) is 26.2 Å². The molecule has 0 bridgehead atoms. The van der Waals surface area contributed by atoms with Crippen LogP contribution in [0.5, 0.6) is 0 Å². The second-order valence-electron chi connectivity index (χ2n) is 8.60. The molecular formula is C24H38N4O5. The summed E-state index contributed by atoms with van der Waals surface area (Å²) < 4.78 is 10.6. The number of carbonyl (C=O) groups is 3. The number of nitrogens with one attached hydrogen (secondary N) is 3. The number of benzene rings is 1. The van der Waals surface area contributed by atoms with Crippen LogP contribution in [0.1, 0.15) is 39.2 Å². The van der Waals surface area contributed by atoms with Crippen molar-refractivity contribution in [3.05, 3.63) is 35.9 Å². The van der Waals surface area contributed by atoms with Gasteiger partial charge in [-0.1, -0.05) is 51.1 Å². The fourth-order valence-electron chi connectivity index (χ4n) is 3.52. The van der Waals surface area contributed by atoms with Gasteiger partial charge in [-0.05, 0) is 24.3 Å². The quantitative estimate of drug-likeness (QED) is 0.436. The number of ether oxygens (including phenoxy) is 2. The monoisotopic (exact) mass is 462 g/mol. The van der Waals surface area contributed by atoms with E-state index in [1.165, 1.54) is 0 Å². The lowest BCUT2D eigenvalue weighted by Crippen LogP contribution is -2.54. The zero-order valence-corrected chi connectivity index (χ0v) is 20.0. The highest BCUT2D eigenvalue weighted by atomic mass is 16.5. The lowest BCUT2D eigenvalue weighted by Gasteiger charge is -2.27. The van der Waals surface area contributed by atoms with Crippen molar-refractivity contribution in [2.24, 2.45) is 5.92 Å². The molecule has 0 aliphatic carbocycles. The molecule has 0 saturated carbocycles. The molecule has 0 spiro atoms. The number of amides is 3. The summed E-state index contributed by atoms with van der Waals surface area (Å²) in [5.74, 6) is -0.456. The lowest BCUT2D eigenvalue weighted by molar-refractivity contribution is -0.130. The van der Waals surface area contributed by atoms with Gasteiger partial charge in [0.25, 0.3) is 0 Å². The van der Waals surface area contributed by atoms with E-state index in [1.54, 1.807) is 0 Å². The zero-order valence-electron chi connectivity index (χ0n) is 20.0.